The van der Waals surface area contributed by atoms with Crippen LogP contribution in [-0.2, 0) is 0 Å². The molecule has 2 nitrogen and oxygen atoms in total. The Morgan fingerprint density at radius 2 is 1.12 bits per heavy atom. The molecule has 2 unspecified atom stereocenters. The van der Waals surface area contributed by atoms with E-state index in [0.29, 0.717) is 0 Å². The lowest BCUT2D eigenvalue weighted by atomic mass is 10.0. The minimum atomic E-state index is 0.848. The van der Waals surface area contributed by atoms with Crippen molar-refractivity contribution in [3.8, 4) is 0 Å². The number of azo groups is 1. The molecule has 16 heavy (non-hydrogen) atoms. The van der Waals surface area contributed by atoms with E-state index in [1.54, 1.807) is 0 Å². The van der Waals surface area contributed by atoms with Crippen LogP contribution in [-0.4, -0.2) is 13.1 Å². The minimum absolute atomic E-state index is 0.848. The van der Waals surface area contributed by atoms with Crippen LogP contribution in [0.3, 0.4) is 0 Å². The van der Waals surface area contributed by atoms with Crippen molar-refractivity contribution >= 4 is 0 Å². The fraction of sp³-hybridized carbons (Fsp3) is 1.00. The number of rotatable bonds is 10. The van der Waals surface area contributed by atoms with E-state index in [1.807, 2.05) is 0 Å². The van der Waals surface area contributed by atoms with Crippen molar-refractivity contribution < 1.29 is 0 Å². The predicted molar refractivity (Wildman–Crippen MR) is 72.0 cm³/mol. The Morgan fingerprint density at radius 1 is 0.750 bits per heavy atom. The van der Waals surface area contributed by atoms with Crippen molar-refractivity contribution in [3.05, 3.63) is 0 Å². The Morgan fingerprint density at radius 3 is 1.44 bits per heavy atom. The van der Waals surface area contributed by atoms with Gasteiger partial charge in [-0.25, -0.2) is 0 Å². The zero-order chi connectivity index (χ0) is 12.2. The molecular formula is C14H30N2. The minimum Gasteiger partial charge on any atom is -0.194 e. The molecule has 0 saturated heterocycles. The highest BCUT2D eigenvalue weighted by Gasteiger charge is 1.98. The summed E-state index contributed by atoms with van der Waals surface area (Å²) in [5.41, 5.74) is 0. The third-order valence-electron chi connectivity index (χ3n) is 3.40. The zero-order valence-corrected chi connectivity index (χ0v) is 11.7. The van der Waals surface area contributed by atoms with Crippen molar-refractivity contribution in [2.45, 2.75) is 66.2 Å². The van der Waals surface area contributed by atoms with Crippen LogP contribution in [0.5, 0.6) is 0 Å². The molecule has 96 valence electrons. The lowest BCUT2D eigenvalue weighted by Gasteiger charge is -2.05. The first-order valence-corrected chi connectivity index (χ1v) is 7.03. The summed E-state index contributed by atoms with van der Waals surface area (Å²) < 4.78 is 0. The van der Waals surface area contributed by atoms with E-state index in [9.17, 15) is 0 Å². The summed E-state index contributed by atoms with van der Waals surface area (Å²) in [5.74, 6) is 1.70. The van der Waals surface area contributed by atoms with Crippen LogP contribution in [0.15, 0.2) is 10.2 Å². The summed E-state index contributed by atoms with van der Waals surface area (Å²) >= 11 is 0. The van der Waals surface area contributed by atoms with Gasteiger partial charge in [0.25, 0.3) is 0 Å². The first-order chi connectivity index (χ1) is 7.70. The number of hydrogen-bond donors (Lipinski definition) is 0. The Bertz CT molecular complexity index is 148. The van der Waals surface area contributed by atoms with Gasteiger partial charge < -0.3 is 0 Å². The summed E-state index contributed by atoms with van der Waals surface area (Å²) in [4.78, 5) is 0. The normalized spacial score (nSPS) is 15.5. The smallest absolute Gasteiger partial charge is 0.0599 e. The third-order valence-corrected chi connectivity index (χ3v) is 3.40. The van der Waals surface area contributed by atoms with Crippen LogP contribution in [0, 0.1) is 11.8 Å². The maximum absolute atomic E-state index is 4.23. The fourth-order valence-electron chi connectivity index (χ4n) is 1.57. The first kappa shape index (κ1) is 15.6. The van der Waals surface area contributed by atoms with E-state index >= 15 is 0 Å². The summed E-state index contributed by atoms with van der Waals surface area (Å²) in [6.45, 7) is 11.0. The molecule has 0 spiro atoms. The average molecular weight is 226 g/mol. The van der Waals surface area contributed by atoms with Gasteiger partial charge >= 0.3 is 0 Å². The highest BCUT2D eigenvalue weighted by Crippen LogP contribution is 2.10. The molecule has 0 amide bonds. The monoisotopic (exact) mass is 226 g/mol. The van der Waals surface area contributed by atoms with Gasteiger partial charge in [-0.2, -0.15) is 10.2 Å². The summed E-state index contributed by atoms with van der Waals surface area (Å²) in [6.07, 6.45) is 7.55. The maximum Gasteiger partial charge on any atom is 0.0599 e. The highest BCUT2D eigenvalue weighted by atomic mass is 15.1. The summed E-state index contributed by atoms with van der Waals surface area (Å²) in [5, 5.41) is 8.45. The van der Waals surface area contributed by atoms with Crippen LogP contribution in [0.1, 0.15) is 66.2 Å². The van der Waals surface area contributed by atoms with E-state index in [2.05, 4.69) is 37.9 Å². The van der Waals surface area contributed by atoms with E-state index in [1.165, 1.54) is 38.5 Å². The molecule has 0 heterocycles. The molecule has 0 radical (unpaired) electrons. The van der Waals surface area contributed by atoms with Crippen molar-refractivity contribution in [2.24, 2.45) is 22.1 Å². The number of hydrogen-bond acceptors (Lipinski definition) is 2. The van der Waals surface area contributed by atoms with E-state index < -0.39 is 0 Å². The van der Waals surface area contributed by atoms with Gasteiger partial charge in [0.2, 0.25) is 0 Å². The summed E-state index contributed by atoms with van der Waals surface area (Å²) in [6, 6.07) is 0. The van der Waals surface area contributed by atoms with Gasteiger partial charge in [0.15, 0.2) is 0 Å². The standard InChI is InChI=1S/C14H30N2/c1-5-13(3)9-7-11-15-16-12-8-10-14(4)6-2/h13-14H,5-12H2,1-4H3. The Labute approximate surface area is 102 Å². The molecular weight excluding hydrogens is 196 g/mol. The predicted octanol–water partition coefficient (Wildman–Crippen LogP) is 5.09. The van der Waals surface area contributed by atoms with Gasteiger partial charge in [0.05, 0.1) is 13.1 Å². The molecule has 0 fully saturated rings. The lowest BCUT2D eigenvalue weighted by molar-refractivity contribution is 0.488. The van der Waals surface area contributed by atoms with Crippen molar-refractivity contribution in [3.63, 3.8) is 0 Å². The zero-order valence-electron chi connectivity index (χ0n) is 11.7. The molecule has 0 saturated carbocycles. The fourth-order valence-corrected chi connectivity index (χ4v) is 1.57. The number of nitrogens with zero attached hydrogens (tertiary/aromatic N) is 2. The van der Waals surface area contributed by atoms with Gasteiger partial charge in [0, 0.05) is 0 Å². The SMILES string of the molecule is CCC(C)CCCN=NCCCC(C)CC. The van der Waals surface area contributed by atoms with E-state index in [-0.39, 0.29) is 0 Å². The Balaban J connectivity index is 3.22. The average Bonchev–Trinajstić information content (AvgIpc) is 2.31. The van der Waals surface area contributed by atoms with Crippen LogP contribution >= 0.6 is 0 Å². The van der Waals surface area contributed by atoms with Gasteiger partial charge in [-0.15, -0.1) is 0 Å². The van der Waals surface area contributed by atoms with Gasteiger partial charge in [-0.1, -0.05) is 40.5 Å². The highest BCUT2D eigenvalue weighted by molar-refractivity contribution is 4.53. The van der Waals surface area contributed by atoms with Gasteiger partial charge in [0.1, 0.15) is 0 Å². The van der Waals surface area contributed by atoms with Crippen LogP contribution in [0.4, 0.5) is 0 Å². The quantitative estimate of drug-likeness (QED) is 0.366. The topological polar surface area (TPSA) is 24.7 Å². The second-order valence-corrected chi connectivity index (χ2v) is 5.04. The molecule has 0 rings (SSSR count). The first-order valence-electron chi connectivity index (χ1n) is 7.03. The van der Waals surface area contributed by atoms with Crippen molar-refractivity contribution in [1.82, 2.24) is 0 Å². The maximum atomic E-state index is 4.23. The van der Waals surface area contributed by atoms with E-state index in [4.69, 9.17) is 0 Å². The second kappa shape index (κ2) is 11.1. The third kappa shape index (κ3) is 10.1. The van der Waals surface area contributed by atoms with E-state index in [0.717, 1.165) is 24.9 Å². The van der Waals surface area contributed by atoms with Crippen molar-refractivity contribution in [2.75, 3.05) is 13.1 Å². The Kier molecular flexibility index (Phi) is 10.8. The molecule has 2 heteroatoms. The molecule has 0 aliphatic carbocycles. The summed E-state index contributed by atoms with van der Waals surface area (Å²) in [7, 11) is 0. The van der Waals surface area contributed by atoms with Crippen LogP contribution in [0.25, 0.3) is 0 Å². The molecule has 0 N–H and O–H groups in total. The lowest BCUT2D eigenvalue weighted by Crippen LogP contribution is -1.94. The molecule has 0 aromatic rings. The van der Waals surface area contributed by atoms with Crippen LogP contribution in [0.2, 0.25) is 0 Å². The van der Waals surface area contributed by atoms with Crippen LogP contribution < -0.4 is 0 Å². The molecule has 2 atom stereocenters. The van der Waals surface area contributed by atoms with Gasteiger partial charge in [-0.05, 0) is 37.5 Å². The van der Waals surface area contributed by atoms with Gasteiger partial charge in [-0.3, -0.25) is 0 Å². The molecule has 0 bridgehead atoms. The Hall–Kier alpha value is -0.400. The second-order valence-electron chi connectivity index (χ2n) is 5.04. The molecule has 0 aromatic heterocycles. The molecule has 0 aliphatic rings. The van der Waals surface area contributed by atoms with Crippen molar-refractivity contribution in [1.29, 1.82) is 0 Å². The largest absolute Gasteiger partial charge is 0.194 e. The molecule has 0 aromatic carbocycles. The molecule has 0 aliphatic heterocycles.